The van der Waals surface area contributed by atoms with Crippen LogP contribution in [0.5, 0.6) is 5.75 Å². The van der Waals surface area contributed by atoms with Crippen molar-refractivity contribution in [2.24, 2.45) is 0 Å². The molecule has 0 aliphatic carbocycles. The van der Waals surface area contributed by atoms with Crippen LogP contribution in [0, 0.1) is 0 Å². The maximum absolute atomic E-state index is 11.7. The van der Waals surface area contributed by atoms with Crippen LogP contribution >= 0.6 is 0 Å². The molecule has 0 radical (unpaired) electrons. The summed E-state index contributed by atoms with van der Waals surface area (Å²) >= 11 is 0. The van der Waals surface area contributed by atoms with E-state index in [1.54, 1.807) is 7.11 Å². The minimum Gasteiger partial charge on any atom is -0.497 e. The molecule has 2 amide bonds. The summed E-state index contributed by atoms with van der Waals surface area (Å²) in [7, 11) is 1.64. The molecule has 0 aliphatic heterocycles. The first kappa shape index (κ1) is 18.8. The van der Waals surface area contributed by atoms with E-state index in [0.717, 1.165) is 30.0 Å². The van der Waals surface area contributed by atoms with Gasteiger partial charge in [0, 0.05) is 25.4 Å². The summed E-state index contributed by atoms with van der Waals surface area (Å²) in [6.45, 7) is 5.19. The number of methoxy groups -OCH3 is 1. The van der Waals surface area contributed by atoms with E-state index >= 15 is 0 Å². The largest absolute Gasteiger partial charge is 0.497 e. The maximum atomic E-state index is 11.7. The molecule has 1 aromatic carbocycles. The van der Waals surface area contributed by atoms with Gasteiger partial charge in [0.2, 0.25) is 5.89 Å². The van der Waals surface area contributed by atoms with Crippen molar-refractivity contribution >= 4 is 6.03 Å². The molecule has 0 fully saturated rings. The molecule has 0 saturated carbocycles. The predicted octanol–water partition coefficient (Wildman–Crippen LogP) is 2.68. The van der Waals surface area contributed by atoms with Crippen LogP contribution in [-0.2, 0) is 12.8 Å². The van der Waals surface area contributed by atoms with Gasteiger partial charge in [-0.25, -0.2) is 4.79 Å². The van der Waals surface area contributed by atoms with Crippen molar-refractivity contribution in [3.8, 4) is 5.75 Å². The van der Waals surface area contributed by atoms with Crippen LogP contribution in [0.3, 0.4) is 0 Å². The molecule has 0 atom stereocenters. The summed E-state index contributed by atoms with van der Waals surface area (Å²) < 4.78 is 10.3. The van der Waals surface area contributed by atoms with Gasteiger partial charge in [0.25, 0.3) is 0 Å². The molecule has 25 heavy (non-hydrogen) atoms. The van der Waals surface area contributed by atoms with Gasteiger partial charge < -0.3 is 19.9 Å². The number of aromatic nitrogens is 2. The van der Waals surface area contributed by atoms with E-state index in [1.807, 2.05) is 38.1 Å². The number of amides is 2. The molecule has 2 rings (SSSR count). The lowest BCUT2D eigenvalue weighted by atomic mass is 10.1. The number of hydrogen-bond donors (Lipinski definition) is 2. The van der Waals surface area contributed by atoms with Crippen LogP contribution in [-0.4, -0.2) is 36.4 Å². The molecule has 2 N–H and O–H groups in total. The van der Waals surface area contributed by atoms with Gasteiger partial charge in [-0.15, -0.1) is 0 Å². The first-order valence-corrected chi connectivity index (χ1v) is 8.55. The van der Waals surface area contributed by atoms with E-state index in [1.165, 1.54) is 0 Å². The Bertz CT molecular complexity index is 653. The summed E-state index contributed by atoms with van der Waals surface area (Å²) in [5.74, 6) is 2.42. The van der Waals surface area contributed by atoms with Crippen molar-refractivity contribution in [2.75, 3.05) is 20.2 Å². The zero-order valence-corrected chi connectivity index (χ0v) is 15.0. The van der Waals surface area contributed by atoms with Crippen LogP contribution in [0.15, 0.2) is 28.8 Å². The van der Waals surface area contributed by atoms with Gasteiger partial charge in [-0.05, 0) is 30.5 Å². The topological polar surface area (TPSA) is 89.3 Å². The number of nitrogens with zero attached hydrogens (tertiary/aromatic N) is 2. The number of hydrogen-bond acceptors (Lipinski definition) is 5. The van der Waals surface area contributed by atoms with Crippen molar-refractivity contribution in [1.82, 2.24) is 20.8 Å². The first-order chi connectivity index (χ1) is 12.1. The smallest absolute Gasteiger partial charge is 0.314 e. The van der Waals surface area contributed by atoms with Gasteiger partial charge >= 0.3 is 6.03 Å². The summed E-state index contributed by atoms with van der Waals surface area (Å²) in [6, 6.07) is 7.65. The quantitative estimate of drug-likeness (QED) is 0.682. The molecule has 7 nitrogen and oxygen atoms in total. The molecule has 0 bridgehead atoms. The van der Waals surface area contributed by atoms with Gasteiger partial charge in [0.15, 0.2) is 5.82 Å². The van der Waals surface area contributed by atoms with Crippen LogP contribution in [0.1, 0.15) is 43.5 Å². The molecule has 2 aromatic rings. The summed E-state index contributed by atoms with van der Waals surface area (Å²) in [5.41, 5.74) is 1.15. The molecule has 0 saturated heterocycles. The van der Waals surface area contributed by atoms with Gasteiger partial charge in [0.1, 0.15) is 5.75 Å². The predicted molar refractivity (Wildman–Crippen MR) is 94.8 cm³/mol. The fourth-order valence-electron chi connectivity index (χ4n) is 2.22. The average molecular weight is 346 g/mol. The van der Waals surface area contributed by atoms with Crippen LogP contribution in [0.25, 0.3) is 0 Å². The second kappa shape index (κ2) is 9.66. The number of ether oxygens (including phenoxy) is 1. The Kier molecular flexibility index (Phi) is 7.25. The number of carbonyl (C=O) groups excluding carboxylic acids is 1. The zero-order chi connectivity index (χ0) is 18.1. The molecule has 0 spiro atoms. The van der Waals surface area contributed by atoms with Crippen molar-refractivity contribution in [1.29, 1.82) is 0 Å². The number of urea groups is 1. The Morgan fingerprint density at radius 2 is 1.88 bits per heavy atom. The highest BCUT2D eigenvalue weighted by molar-refractivity contribution is 5.73. The van der Waals surface area contributed by atoms with Crippen molar-refractivity contribution in [3.63, 3.8) is 0 Å². The lowest BCUT2D eigenvalue weighted by Gasteiger charge is -2.07. The summed E-state index contributed by atoms with van der Waals surface area (Å²) in [5, 5.41) is 9.59. The minimum absolute atomic E-state index is 0.165. The van der Waals surface area contributed by atoms with Crippen LogP contribution < -0.4 is 15.4 Å². The standard InChI is InChI=1S/C18H26N4O3/c1-13(2)17-21-16(25-22-17)5-4-11-19-18(23)20-12-10-14-6-8-15(24-3)9-7-14/h6-9,13H,4-5,10-12H2,1-3H3,(H2,19,20,23). The fourth-order valence-corrected chi connectivity index (χ4v) is 2.22. The molecular formula is C18H26N4O3. The number of carbonyl (C=O) groups is 1. The van der Waals surface area contributed by atoms with Crippen LogP contribution in [0.2, 0.25) is 0 Å². The Hall–Kier alpha value is -2.57. The Morgan fingerprint density at radius 3 is 2.52 bits per heavy atom. The molecule has 0 aliphatic rings. The van der Waals surface area contributed by atoms with E-state index in [4.69, 9.17) is 9.26 Å². The maximum Gasteiger partial charge on any atom is 0.314 e. The molecule has 136 valence electrons. The van der Waals surface area contributed by atoms with Crippen molar-refractivity contribution in [3.05, 3.63) is 41.5 Å². The number of aryl methyl sites for hydroxylation is 1. The highest BCUT2D eigenvalue weighted by atomic mass is 16.5. The third-order valence-electron chi connectivity index (χ3n) is 3.71. The molecule has 0 unspecified atom stereocenters. The Balaban J connectivity index is 1.57. The monoisotopic (exact) mass is 346 g/mol. The van der Waals surface area contributed by atoms with E-state index in [-0.39, 0.29) is 11.9 Å². The highest BCUT2D eigenvalue weighted by Crippen LogP contribution is 2.11. The summed E-state index contributed by atoms with van der Waals surface area (Å²) in [6.07, 6.45) is 2.19. The van der Waals surface area contributed by atoms with Gasteiger partial charge in [0.05, 0.1) is 7.11 Å². The molecular weight excluding hydrogens is 320 g/mol. The van der Waals surface area contributed by atoms with Crippen molar-refractivity contribution < 1.29 is 14.1 Å². The molecule has 1 aromatic heterocycles. The van der Waals surface area contributed by atoms with E-state index < -0.39 is 0 Å². The minimum atomic E-state index is -0.165. The Labute approximate surface area is 148 Å². The lowest BCUT2D eigenvalue weighted by Crippen LogP contribution is -2.37. The first-order valence-electron chi connectivity index (χ1n) is 8.55. The van der Waals surface area contributed by atoms with E-state index in [2.05, 4.69) is 20.8 Å². The summed E-state index contributed by atoms with van der Waals surface area (Å²) in [4.78, 5) is 16.1. The second-order valence-corrected chi connectivity index (χ2v) is 6.09. The van der Waals surface area contributed by atoms with E-state index in [9.17, 15) is 4.79 Å². The fraction of sp³-hybridized carbons (Fsp3) is 0.500. The highest BCUT2D eigenvalue weighted by Gasteiger charge is 2.09. The third-order valence-corrected chi connectivity index (χ3v) is 3.71. The normalized spacial score (nSPS) is 10.7. The van der Waals surface area contributed by atoms with Gasteiger partial charge in [-0.1, -0.05) is 31.1 Å². The van der Waals surface area contributed by atoms with Gasteiger partial charge in [-0.2, -0.15) is 4.98 Å². The third kappa shape index (κ3) is 6.45. The number of nitrogens with one attached hydrogen (secondary N) is 2. The molecule has 7 heteroatoms. The van der Waals surface area contributed by atoms with E-state index in [0.29, 0.717) is 25.4 Å². The van der Waals surface area contributed by atoms with Crippen LogP contribution in [0.4, 0.5) is 4.79 Å². The zero-order valence-electron chi connectivity index (χ0n) is 15.0. The SMILES string of the molecule is COc1ccc(CCNC(=O)NCCCc2nc(C(C)C)no2)cc1. The molecule has 1 heterocycles. The Morgan fingerprint density at radius 1 is 1.16 bits per heavy atom. The number of benzene rings is 1. The average Bonchev–Trinajstić information content (AvgIpc) is 3.09. The van der Waals surface area contributed by atoms with Gasteiger partial charge in [-0.3, -0.25) is 0 Å². The van der Waals surface area contributed by atoms with Crippen molar-refractivity contribution in [2.45, 2.75) is 39.0 Å². The second-order valence-electron chi connectivity index (χ2n) is 6.09. The lowest BCUT2D eigenvalue weighted by molar-refractivity contribution is 0.240. The number of rotatable bonds is 9.